The summed E-state index contributed by atoms with van der Waals surface area (Å²) in [6, 6.07) is 0. The topological polar surface area (TPSA) is 52.6 Å². The van der Waals surface area contributed by atoms with Crippen LogP contribution in [0.3, 0.4) is 0 Å². The van der Waals surface area contributed by atoms with Crippen molar-refractivity contribution in [3.05, 3.63) is 47.8 Å². The highest BCUT2D eigenvalue weighted by Crippen LogP contribution is 2.33. The number of ether oxygens (including phenoxy) is 2. The molecule has 0 bridgehead atoms. The molecule has 1 aliphatic heterocycles. The minimum absolute atomic E-state index is 0.0263. The van der Waals surface area contributed by atoms with E-state index >= 15 is 0 Å². The number of hydrogen-bond donors (Lipinski definition) is 0. The second-order valence-corrected chi connectivity index (χ2v) is 4.69. The number of allylic oxidation sites excluding steroid dienone is 5. The Balaban J connectivity index is 3.08. The summed E-state index contributed by atoms with van der Waals surface area (Å²) in [6.45, 7) is 7.36. The SMILES string of the molecule is C/C=C/C1=C(C(=O)OCC)C(=O)C(C)(/C=C/C=C/CC)O1. The highest BCUT2D eigenvalue weighted by Gasteiger charge is 2.46. The fraction of sp³-hybridized carbons (Fsp3) is 0.412. The van der Waals surface area contributed by atoms with Gasteiger partial charge in [-0.2, -0.15) is 0 Å². The van der Waals surface area contributed by atoms with Crippen molar-refractivity contribution in [1.29, 1.82) is 0 Å². The first-order valence-corrected chi connectivity index (χ1v) is 7.12. The molecule has 4 heteroatoms. The van der Waals surface area contributed by atoms with Gasteiger partial charge in [-0.25, -0.2) is 4.79 Å². The van der Waals surface area contributed by atoms with E-state index in [1.54, 1.807) is 45.1 Å². The van der Waals surface area contributed by atoms with Gasteiger partial charge in [0.1, 0.15) is 11.3 Å². The molecule has 0 fully saturated rings. The van der Waals surface area contributed by atoms with Crippen LogP contribution in [0.15, 0.2) is 47.8 Å². The number of hydrogen-bond acceptors (Lipinski definition) is 4. The third-order valence-electron chi connectivity index (χ3n) is 2.94. The molecule has 0 saturated heterocycles. The summed E-state index contributed by atoms with van der Waals surface area (Å²) in [5.41, 5.74) is -1.20. The largest absolute Gasteiger partial charge is 0.474 e. The molecule has 1 aliphatic rings. The third kappa shape index (κ3) is 3.94. The molecule has 1 atom stereocenters. The van der Waals surface area contributed by atoms with Crippen LogP contribution in [-0.2, 0) is 19.1 Å². The second kappa shape index (κ2) is 7.62. The Kier molecular flexibility index (Phi) is 6.15. The molecule has 21 heavy (non-hydrogen) atoms. The standard InChI is InChI=1S/C17H22O4/c1-5-8-9-10-12-17(4)15(18)14(16(19)20-7-3)13(21-17)11-6-2/h6,8-12H,5,7H2,1-4H3/b9-8+,11-6+,12-10+. The Labute approximate surface area is 125 Å². The van der Waals surface area contributed by atoms with Crippen LogP contribution in [0.4, 0.5) is 0 Å². The van der Waals surface area contributed by atoms with Gasteiger partial charge >= 0.3 is 5.97 Å². The van der Waals surface area contributed by atoms with Crippen molar-refractivity contribution in [2.75, 3.05) is 6.61 Å². The van der Waals surface area contributed by atoms with E-state index in [4.69, 9.17) is 9.47 Å². The highest BCUT2D eigenvalue weighted by molar-refractivity contribution is 6.23. The van der Waals surface area contributed by atoms with Gasteiger partial charge in [0.25, 0.3) is 0 Å². The molecule has 0 amide bonds. The van der Waals surface area contributed by atoms with Crippen LogP contribution in [0, 0.1) is 0 Å². The molecule has 0 aliphatic carbocycles. The molecule has 0 N–H and O–H groups in total. The minimum Gasteiger partial charge on any atom is -0.474 e. The average Bonchev–Trinajstić information content (AvgIpc) is 2.68. The quantitative estimate of drug-likeness (QED) is 0.428. The predicted molar refractivity (Wildman–Crippen MR) is 81.5 cm³/mol. The van der Waals surface area contributed by atoms with Crippen LogP contribution in [0.25, 0.3) is 0 Å². The van der Waals surface area contributed by atoms with E-state index in [9.17, 15) is 9.59 Å². The van der Waals surface area contributed by atoms with E-state index in [-0.39, 0.29) is 23.7 Å². The summed E-state index contributed by atoms with van der Waals surface area (Å²) in [5.74, 6) is -0.764. The van der Waals surface area contributed by atoms with Gasteiger partial charge in [0.2, 0.25) is 5.78 Å². The number of Topliss-reactive ketones (excluding diaryl/α,β-unsaturated/α-hetero) is 1. The molecule has 1 rings (SSSR count). The maximum Gasteiger partial charge on any atom is 0.345 e. The Morgan fingerprint density at radius 2 is 2.05 bits per heavy atom. The minimum atomic E-state index is -1.17. The van der Waals surface area contributed by atoms with Crippen molar-refractivity contribution in [3.63, 3.8) is 0 Å². The molecule has 1 unspecified atom stereocenters. The van der Waals surface area contributed by atoms with Crippen molar-refractivity contribution in [3.8, 4) is 0 Å². The van der Waals surface area contributed by atoms with Gasteiger partial charge in [0, 0.05) is 0 Å². The van der Waals surface area contributed by atoms with Crippen molar-refractivity contribution in [2.24, 2.45) is 0 Å². The van der Waals surface area contributed by atoms with Crippen LogP contribution in [0.1, 0.15) is 34.1 Å². The lowest BCUT2D eigenvalue weighted by Gasteiger charge is -2.18. The first kappa shape index (κ1) is 17.0. The molecule has 1 heterocycles. The van der Waals surface area contributed by atoms with E-state index in [1.165, 1.54) is 0 Å². The summed E-state index contributed by atoms with van der Waals surface area (Å²) >= 11 is 0. The lowest BCUT2D eigenvalue weighted by molar-refractivity contribution is -0.140. The van der Waals surface area contributed by atoms with Crippen molar-refractivity contribution < 1.29 is 19.1 Å². The lowest BCUT2D eigenvalue weighted by atomic mass is 9.96. The molecule has 0 radical (unpaired) electrons. The molecule has 0 aromatic rings. The summed E-state index contributed by atoms with van der Waals surface area (Å²) in [6.07, 6.45) is 11.4. The lowest BCUT2D eigenvalue weighted by Crippen LogP contribution is -2.33. The van der Waals surface area contributed by atoms with Crippen molar-refractivity contribution in [1.82, 2.24) is 0 Å². The van der Waals surface area contributed by atoms with Gasteiger partial charge in [-0.3, -0.25) is 4.79 Å². The molecule has 0 aromatic carbocycles. The van der Waals surface area contributed by atoms with Gasteiger partial charge in [-0.05, 0) is 39.3 Å². The molecular weight excluding hydrogens is 268 g/mol. The van der Waals surface area contributed by atoms with Crippen LogP contribution in [0.5, 0.6) is 0 Å². The van der Waals surface area contributed by atoms with Gasteiger partial charge in [-0.15, -0.1) is 0 Å². The number of carbonyl (C=O) groups is 2. The van der Waals surface area contributed by atoms with E-state index in [0.29, 0.717) is 0 Å². The normalized spacial score (nSPS) is 22.8. The van der Waals surface area contributed by atoms with Crippen LogP contribution >= 0.6 is 0 Å². The van der Waals surface area contributed by atoms with Crippen LogP contribution < -0.4 is 0 Å². The van der Waals surface area contributed by atoms with Crippen LogP contribution in [0.2, 0.25) is 0 Å². The van der Waals surface area contributed by atoms with Crippen molar-refractivity contribution in [2.45, 2.75) is 39.7 Å². The first-order valence-electron chi connectivity index (χ1n) is 7.12. The fourth-order valence-corrected chi connectivity index (χ4v) is 1.91. The molecule has 0 aromatic heterocycles. The fourth-order valence-electron chi connectivity index (χ4n) is 1.91. The summed E-state index contributed by atoms with van der Waals surface area (Å²) in [7, 11) is 0. The Morgan fingerprint density at radius 3 is 2.62 bits per heavy atom. The molecule has 0 saturated carbocycles. The Morgan fingerprint density at radius 1 is 1.33 bits per heavy atom. The van der Waals surface area contributed by atoms with E-state index in [0.717, 1.165) is 6.42 Å². The zero-order valence-electron chi connectivity index (χ0n) is 13.0. The second-order valence-electron chi connectivity index (χ2n) is 4.69. The molecular formula is C17H22O4. The van der Waals surface area contributed by atoms with Gasteiger partial charge in [0.05, 0.1) is 6.61 Å². The summed E-state index contributed by atoms with van der Waals surface area (Å²) in [5, 5.41) is 0. The molecule has 4 nitrogen and oxygen atoms in total. The number of esters is 1. The smallest absolute Gasteiger partial charge is 0.345 e. The van der Waals surface area contributed by atoms with E-state index in [1.807, 2.05) is 19.1 Å². The predicted octanol–water partition coefficient (Wildman–Crippen LogP) is 3.26. The van der Waals surface area contributed by atoms with Crippen molar-refractivity contribution >= 4 is 11.8 Å². The number of ketones is 1. The Hall–Kier alpha value is -2.10. The van der Waals surface area contributed by atoms with Crippen LogP contribution in [-0.4, -0.2) is 24.0 Å². The number of carbonyl (C=O) groups excluding carboxylic acids is 2. The molecule has 114 valence electrons. The molecule has 0 spiro atoms. The van der Waals surface area contributed by atoms with Gasteiger partial charge in [0.15, 0.2) is 5.60 Å². The van der Waals surface area contributed by atoms with Gasteiger partial charge < -0.3 is 9.47 Å². The maximum absolute atomic E-state index is 12.5. The summed E-state index contributed by atoms with van der Waals surface area (Å²) < 4.78 is 10.6. The third-order valence-corrected chi connectivity index (χ3v) is 2.94. The zero-order chi connectivity index (χ0) is 15.9. The van der Waals surface area contributed by atoms with Gasteiger partial charge in [-0.1, -0.05) is 31.2 Å². The Bertz CT molecular complexity index is 523. The van der Waals surface area contributed by atoms with E-state index in [2.05, 4.69) is 0 Å². The first-order chi connectivity index (χ1) is 10.00. The maximum atomic E-state index is 12.5. The summed E-state index contributed by atoms with van der Waals surface area (Å²) in [4.78, 5) is 24.5. The zero-order valence-corrected chi connectivity index (χ0v) is 13.0. The monoisotopic (exact) mass is 290 g/mol. The highest BCUT2D eigenvalue weighted by atomic mass is 16.5. The van der Waals surface area contributed by atoms with E-state index < -0.39 is 11.6 Å². The number of rotatable bonds is 6. The average molecular weight is 290 g/mol.